The highest BCUT2D eigenvalue weighted by atomic mass is 32.2. The van der Waals surface area contributed by atoms with Crippen LogP contribution < -0.4 is 5.56 Å². The van der Waals surface area contributed by atoms with E-state index in [1.54, 1.807) is 30.9 Å². The number of H-pyrrole nitrogens is 1. The van der Waals surface area contributed by atoms with Gasteiger partial charge in [0.1, 0.15) is 22.4 Å². The zero-order valence-corrected chi connectivity index (χ0v) is 29.0. The first kappa shape index (κ1) is 31.5. The standard InChI is InChI=1S/C38H46N6O3S/c1-25-7-6-17-43(22-25)23-32-20-31(26-12-13-26)21-33(38(32,2)48(46,47)44-18-15-28-14-16-39-37(45)35(28)44)29-10-5-11-30(19-29)34(27-8-4-9-27)36-41-40-24-42(36)3/h5,10-11,14-16,18-21,24-27,32,34H,4,6-9,12-13,17,22-23H2,1-3H3,(H,39,45)/t25-,32?,34?,38?/m0/s1. The lowest BCUT2D eigenvalue weighted by atomic mass is 9.71. The first-order valence-electron chi connectivity index (χ1n) is 17.7. The molecule has 4 aromatic rings. The van der Waals surface area contributed by atoms with Crippen molar-refractivity contribution in [1.82, 2.24) is 28.6 Å². The molecule has 1 aliphatic heterocycles. The highest BCUT2D eigenvalue weighted by molar-refractivity contribution is 7.92. The molecule has 2 saturated carbocycles. The number of aromatic amines is 1. The number of rotatable bonds is 9. The molecule has 0 amide bonds. The first-order chi connectivity index (χ1) is 23.1. The van der Waals surface area contributed by atoms with Crippen molar-refractivity contribution in [3.8, 4) is 0 Å². The third-order valence-corrected chi connectivity index (χ3v) is 14.2. The maximum Gasteiger partial charge on any atom is 0.273 e. The molecular weight excluding hydrogens is 621 g/mol. The summed E-state index contributed by atoms with van der Waals surface area (Å²) in [4.78, 5) is 18.4. The number of hydrogen-bond donors (Lipinski definition) is 1. The number of aromatic nitrogens is 5. The number of nitrogens with zero attached hydrogens (tertiary/aromatic N) is 5. The van der Waals surface area contributed by atoms with Gasteiger partial charge in [-0.25, -0.2) is 12.4 Å². The molecule has 8 rings (SSSR count). The monoisotopic (exact) mass is 666 g/mol. The molecule has 3 fully saturated rings. The fourth-order valence-corrected chi connectivity index (χ4v) is 10.7. The molecule has 4 atom stereocenters. The largest absolute Gasteiger partial charge is 0.327 e. The van der Waals surface area contributed by atoms with Crippen LogP contribution in [0.25, 0.3) is 16.5 Å². The average molecular weight is 667 g/mol. The van der Waals surface area contributed by atoms with E-state index < -0.39 is 20.3 Å². The van der Waals surface area contributed by atoms with Crippen LogP contribution in [0, 0.1) is 23.7 Å². The Labute approximate surface area is 282 Å². The van der Waals surface area contributed by atoms with Crippen LogP contribution >= 0.6 is 0 Å². The van der Waals surface area contributed by atoms with Crippen molar-refractivity contribution in [3.63, 3.8) is 0 Å². The number of benzene rings is 1. The molecule has 4 heterocycles. The summed E-state index contributed by atoms with van der Waals surface area (Å²) in [6.45, 7) is 6.77. The highest BCUT2D eigenvalue weighted by Crippen LogP contribution is 2.51. The minimum atomic E-state index is -4.17. The molecule has 4 aliphatic rings. The summed E-state index contributed by atoms with van der Waals surface area (Å²) in [6.07, 6.45) is 17.4. The maximum absolute atomic E-state index is 15.4. The summed E-state index contributed by atoms with van der Waals surface area (Å²) in [5.41, 5.74) is 3.87. The third-order valence-electron chi connectivity index (χ3n) is 11.8. The molecule has 0 bridgehead atoms. The summed E-state index contributed by atoms with van der Waals surface area (Å²) in [5, 5.41) is 9.39. The number of aryl methyl sites for hydroxylation is 1. The van der Waals surface area contributed by atoms with Gasteiger partial charge in [-0.1, -0.05) is 49.8 Å². The molecule has 0 spiro atoms. The van der Waals surface area contributed by atoms with Crippen molar-refractivity contribution < 1.29 is 8.42 Å². The lowest BCUT2D eigenvalue weighted by molar-refractivity contribution is 0.163. The minimum Gasteiger partial charge on any atom is -0.327 e. The Bertz CT molecular complexity index is 2080. The van der Waals surface area contributed by atoms with Crippen LogP contribution in [-0.2, 0) is 17.1 Å². The van der Waals surface area contributed by atoms with E-state index in [0.29, 0.717) is 29.7 Å². The number of nitrogens with one attached hydrogen (secondary N) is 1. The van der Waals surface area contributed by atoms with E-state index in [9.17, 15) is 4.79 Å². The van der Waals surface area contributed by atoms with Gasteiger partial charge in [-0.2, -0.15) is 0 Å². The number of fused-ring (bicyclic) bond motifs is 1. The van der Waals surface area contributed by atoms with E-state index in [0.717, 1.165) is 67.7 Å². The summed E-state index contributed by atoms with van der Waals surface area (Å²) >= 11 is 0. The number of hydrogen-bond acceptors (Lipinski definition) is 6. The molecule has 3 aliphatic carbocycles. The number of piperidine rings is 1. The van der Waals surface area contributed by atoms with E-state index in [-0.39, 0.29) is 17.4 Å². The van der Waals surface area contributed by atoms with Crippen LogP contribution in [0.4, 0.5) is 0 Å². The lowest BCUT2D eigenvalue weighted by Gasteiger charge is -2.44. The van der Waals surface area contributed by atoms with Gasteiger partial charge in [0.05, 0.1) is 0 Å². The number of allylic oxidation sites excluding steroid dienone is 2. The SMILES string of the molecule is C[C@H]1CCCN(CC2C=C(C3CC3)C=C(c3cccc(C(c4nncn4C)C4CCC4)c3)C2(C)S(=O)(=O)n2ccc3cc[nH]c(=O)c32)C1. The number of pyridine rings is 1. The van der Waals surface area contributed by atoms with Gasteiger partial charge in [0.25, 0.3) is 5.56 Å². The predicted octanol–water partition coefficient (Wildman–Crippen LogP) is 6.11. The van der Waals surface area contributed by atoms with Gasteiger partial charge in [-0.05, 0) is 104 Å². The normalized spacial score (nSPS) is 26.2. The molecule has 1 saturated heterocycles. The number of likely N-dealkylation sites (tertiary alicyclic amines) is 1. The van der Waals surface area contributed by atoms with Crippen molar-refractivity contribution in [2.24, 2.45) is 30.7 Å². The zero-order valence-electron chi connectivity index (χ0n) is 28.2. The van der Waals surface area contributed by atoms with Crippen molar-refractivity contribution in [2.45, 2.75) is 69.5 Å². The molecule has 252 valence electrons. The summed E-state index contributed by atoms with van der Waals surface area (Å²) in [7, 11) is -2.17. The molecule has 3 unspecified atom stereocenters. The van der Waals surface area contributed by atoms with Gasteiger partial charge < -0.3 is 14.5 Å². The van der Waals surface area contributed by atoms with Gasteiger partial charge >= 0.3 is 0 Å². The van der Waals surface area contributed by atoms with Gasteiger partial charge in [-0.15, -0.1) is 10.2 Å². The molecule has 1 aromatic carbocycles. The Hall–Kier alpha value is -3.76. The molecule has 1 N–H and O–H groups in total. The third kappa shape index (κ3) is 5.23. The van der Waals surface area contributed by atoms with E-state index in [2.05, 4.69) is 63.4 Å². The zero-order chi connectivity index (χ0) is 33.2. The predicted molar refractivity (Wildman–Crippen MR) is 189 cm³/mol. The van der Waals surface area contributed by atoms with Gasteiger partial charge in [0.15, 0.2) is 0 Å². The van der Waals surface area contributed by atoms with Crippen LogP contribution in [0.15, 0.2) is 77.6 Å². The molecule has 9 nitrogen and oxygen atoms in total. The second-order valence-electron chi connectivity index (χ2n) is 15.0. The first-order valence-corrected chi connectivity index (χ1v) is 19.1. The Balaban J connectivity index is 1.31. The van der Waals surface area contributed by atoms with E-state index in [1.165, 1.54) is 22.4 Å². The topological polar surface area (TPSA) is 106 Å². The second-order valence-corrected chi connectivity index (χ2v) is 17.2. The quantitative estimate of drug-likeness (QED) is 0.231. The molecular formula is C38H46N6O3S. The minimum absolute atomic E-state index is 0.0780. The second kappa shape index (κ2) is 12.0. The Morgan fingerprint density at radius 3 is 2.62 bits per heavy atom. The van der Waals surface area contributed by atoms with Crippen molar-refractivity contribution in [1.29, 1.82) is 0 Å². The van der Waals surface area contributed by atoms with Crippen molar-refractivity contribution >= 4 is 26.5 Å². The summed E-state index contributed by atoms with van der Waals surface area (Å²) in [5.74, 6) is 2.20. The smallest absolute Gasteiger partial charge is 0.273 e. The van der Waals surface area contributed by atoms with E-state index >= 15 is 8.42 Å². The van der Waals surface area contributed by atoms with Crippen LogP contribution in [0.3, 0.4) is 0 Å². The average Bonchev–Trinajstić information content (AvgIpc) is 3.65. The van der Waals surface area contributed by atoms with Crippen LogP contribution in [0.2, 0.25) is 0 Å². The molecule has 3 aromatic heterocycles. The van der Waals surface area contributed by atoms with E-state index in [1.807, 2.05) is 18.5 Å². The van der Waals surface area contributed by atoms with Crippen LogP contribution in [0.1, 0.15) is 81.7 Å². The maximum atomic E-state index is 15.4. The molecule has 0 radical (unpaired) electrons. The Kier molecular flexibility index (Phi) is 7.86. The van der Waals surface area contributed by atoms with Gasteiger partial charge in [0.2, 0.25) is 10.0 Å². The van der Waals surface area contributed by atoms with Gasteiger partial charge in [-0.3, -0.25) is 4.79 Å². The summed E-state index contributed by atoms with van der Waals surface area (Å²) < 4.78 is 32.8. The van der Waals surface area contributed by atoms with Crippen LogP contribution in [-0.4, -0.2) is 61.4 Å². The Morgan fingerprint density at radius 1 is 1.08 bits per heavy atom. The Morgan fingerprint density at radius 2 is 1.92 bits per heavy atom. The van der Waals surface area contributed by atoms with E-state index in [4.69, 9.17) is 0 Å². The molecule has 48 heavy (non-hydrogen) atoms. The van der Waals surface area contributed by atoms with Crippen molar-refractivity contribution in [3.05, 3.63) is 100 Å². The fraction of sp³-hybridized carbons (Fsp3) is 0.500. The summed E-state index contributed by atoms with van der Waals surface area (Å²) in [6, 6.07) is 12.0. The van der Waals surface area contributed by atoms with Crippen molar-refractivity contribution in [2.75, 3.05) is 19.6 Å². The molecule has 10 heteroatoms. The lowest BCUT2D eigenvalue weighted by Crippen LogP contribution is -2.52. The van der Waals surface area contributed by atoms with Gasteiger partial charge in [0, 0.05) is 49.8 Å². The highest BCUT2D eigenvalue weighted by Gasteiger charge is 2.53. The van der Waals surface area contributed by atoms with Crippen LogP contribution in [0.5, 0.6) is 0 Å². The fourth-order valence-electron chi connectivity index (χ4n) is 8.63.